The highest BCUT2D eigenvalue weighted by Crippen LogP contribution is 2.30. The Morgan fingerprint density at radius 3 is 2.74 bits per heavy atom. The number of aromatic nitrogens is 2. The molecule has 1 amide bonds. The summed E-state index contributed by atoms with van der Waals surface area (Å²) in [5.74, 6) is -0.861. The van der Waals surface area contributed by atoms with Crippen molar-refractivity contribution in [1.82, 2.24) is 20.0 Å². The van der Waals surface area contributed by atoms with Crippen molar-refractivity contribution in [2.75, 3.05) is 49.9 Å². The highest BCUT2D eigenvalue weighted by atomic mass is 35.5. The lowest BCUT2D eigenvalue weighted by atomic mass is 10.1. The first-order valence-electron chi connectivity index (χ1n) is 12.0. The third-order valence-electron chi connectivity index (χ3n) is 6.68. The molecule has 10 heteroatoms. The van der Waals surface area contributed by atoms with Crippen LogP contribution in [0.4, 0.5) is 16.1 Å². The van der Waals surface area contributed by atoms with Crippen LogP contribution in [0.25, 0.3) is 11.5 Å². The van der Waals surface area contributed by atoms with Gasteiger partial charge < -0.3 is 20.0 Å². The minimum Gasteiger partial charge on any atom is -0.403 e. The largest absolute Gasteiger partial charge is 0.403 e. The Bertz CT molecular complexity index is 1180. The molecule has 35 heavy (non-hydrogen) atoms. The minimum atomic E-state index is -0.588. The van der Waals surface area contributed by atoms with Gasteiger partial charge in [0, 0.05) is 37.9 Å². The van der Waals surface area contributed by atoms with Gasteiger partial charge in [-0.05, 0) is 62.7 Å². The number of rotatable bonds is 8. The fourth-order valence-electron chi connectivity index (χ4n) is 4.75. The summed E-state index contributed by atoms with van der Waals surface area (Å²) in [6.07, 6.45) is 3.53. The van der Waals surface area contributed by atoms with Crippen LogP contribution in [0.3, 0.4) is 0 Å². The maximum Gasteiger partial charge on any atom is 0.315 e. The van der Waals surface area contributed by atoms with Gasteiger partial charge >= 0.3 is 6.01 Å². The normalized spacial score (nSPS) is 19.9. The number of halogens is 2. The summed E-state index contributed by atoms with van der Waals surface area (Å²) in [7, 11) is 0. The maximum absolute atomic E-state index is 13.8. The molecule has 0 atom stereocenters. The number of carbonyl (C=O) groups is 1. The molecule has 0 aliphatic carbocycles. The first-order valence-corrected chi connectivity index (χ1v) is 12.3. The van der Waals surface area contributed by atoms with Gasteiger partial charge in [0.25, 0.3) is 11.8 Å². The van der Waals surface area contributed by atoms with Crippen LogP contribution in [-0.4, -0.2) is 71.2 Å². The predicted octanol–water partition coefficient (Wildman–Crippen LogP) is 4.36. The average molecular weight is 499 g/mol. The lowest BCUT2D eigenvalue weighted by Crippen LogP contribution is -2.38. The van der Waals surface area contributed by atoms with Crippen molar-refractivity contribution in [3.8, 4) is 11.5 Å². The number of nitrogens with one attached hydrogen (secondary N) is 2. The number of anilines is 2. The Kier molecular flexibility index (Phi) is 7.26. The second kappa shape index (κ2) is 10.7. The Morgan fingerprint density at radius 1 is 1.11 bits per heavy atom. The monoisotopic (exact) mass is 498 g/mol. The molecule has 0 radical (unpaired) electrons. The highest BCUT2D eigenvalue weighted by molar-refractivity contribution is 6.33. The van der Waals surface area contributed by atoms with Gasteiger partial charge in [-0.3, -0.25) is 9.69 Å². The van der Waals surface area contributed by atoms with Crippen LogP contribution in [0.15, 0.2) is 46.9 Å². The van der Waals surface area contributed by atoms with Gasteiger partial charge in [-0.2, -0.15) is 0 Å². The number of piperidine rings is 1. The number of carbonyl (C=O) groups excluding carboxylic acids is 1. The van der Waals surface area contributed by atoms with E-state index in [1.807, 2.05) is 0 Å². The molecule has 0 unspecified atom stereocenters. The van der Waals surface area contributed by atoms with Crippen LogP contribution in [-0.2, 0) is 0 Å². The number of fused-ring (bicyclic) bond motifs is 4. The van der Waals surface area contributed by atoms with Crippen molar-refractivity contribution < 1.29 is 13.6 Å². The number of hydrogen-bond acceptors (Lipinski definition) is 7. The van der Waals surface area contributed by atoms with Gasteiger partial charge in [-0.1, -0.05) is 28.8 Å². The molecule has 3 aliphatic rings. The highest BCUT2D eigenvalue weighted by Gasteiger charge is 2.28. The van der Waals surface area contributed by atoms with Crippen molar-refractivity contribution in [1.29, 1.82) is 0 Å². The van der Waals surface area contributed by atoms with Crippen LogP contribution in [0.2, 0.25) is 5.02 Å². The van der Waals surface area contributed by atoms with Crippen LogP contribution in [0, 0.1) is 5.82 Å². The van der Waals surface area contributed by atoms with E-state index in [4.69, 9.17) is 16.0 Å². The molecular weight excluding hydrogens is 471 g/mol. The molecule has 0 saturated carbocycles. The Balaban J connectivity index is 1.14. The van der Waals surface area contributed by atoms with Gasteiger partial charge in [-0.25, -0.2) is 4.39 Å². The SMILES string of the molecule is O=C(Nc1ccc(-c2nnc(NCCCN3CCN4CCC3CC4)o2)c(Cl)c1)c1ccccc1F. The molecule has 3 fully saturated rings. The van der Waals surface area contributed by atoms with E-state index < -0.39 is 11.7 Å². The molecule has 0 spiro atoms. The fraction of sp³-hybridized carbons (Fsp3) is 0.400. The van der Waals surface area contributed by atoms with Crippen molar-refractivity contribution in [3.63, 3.8) is 0 Å². The molecular formula is C25H28ClFN6O2. The molecule has 8 nitrogen and oxygen atoms in total. The molecule has 2 aromatic carbocycles. The number of amides is 1. The van der Waals surface area contributed by atoms with Crippen LogP contribution in [0.1, 0.15) is 29.6 Å². The maximum atomic E-state index is 13.8. The van der Waals surface area contributed by atoms with E-state index in [0.717, 1.165) is 26.1 Å². The molecule has 6 rings (SSSR count). The van der Waals surface area contributed by atoms with E-state index in [2.05, 4.69) is 30.6 Å². The van der Waals surface area contributed by atoms with Gasteiger partial charge in [0.1, 0.15) is 5.82 Å². The Morgan fingerprint density at radius 2 is 1.94 bits per heavy atom. The number of nitrogens with zero attached hydrogens (tertiary/aromatic N) is 4. The topological polar surface area (TPSA) is 86.5 Å². The standard InChI is InChI=1S/C25H28ClFN6O2/c26-21-16-17(29-23(34)20-4-1-2-5-22(20)27)6-7-19(21)24-30-31-25(35-24)28-10-3-11-33-15-14-32-12-8-18(33)9-13-32/h1-2,4-7,16,18H,3,8-15H2,(H,28,31)(H,29,34). The molecule has 3 aliphatic heterocycles. The lowest BCUT2D eigenvalue weighted by Gasteiger charge is -2.31. The summed E-state index contributed by atoms with van der Waals surface area (Å²) in [6, 6.07) is 11.8. The number of hydrogen-bond donors (Lipinski definition) is 2. The molecule has 2 N–H and O–H groups in total. The van der Waals surface area contributed by atoms with Gasteiger partial charge in [0.05, 0.1) is 16.1 Å². The first kappa shape index (κ1) is 23.7. The zero-order valence-corrected chi connectivity index (χ0v) is 20.1. The predicted molar refractivity (Wildman–Crippen MR) is 133 cm³/mol. The van der Waals surface area contributed by atoms with Crippen LogP contribution >= 0.6 is 11.6 Å². The van der Waals surface area contributed by atoms with Crippen LogP contribution < -0.4 is 10.6 Å². The molecule has 184 valence electrons. The third kappa shape index (κ3) is 5.63. The van der Waals surface area contributed by atoms with E-state index in [9.17, 15) is 9.18 Å². The van der Waals surface area contributed by atoms with E-state index in [0.29, 0.717) is 28.3 Å². The summed E-state index contributed by atoms with van der Waals surface area (Å²) in [5.41, 5.74) is 0.941. The van der Waals surface area contributed by atoms with Crippen molar-refractivity contribution in [2.45, 2.75) is 25.3 Å². The first-order chi connectivity index (χ1) is 17.1. The van der Waals surface area contributed by atoms with Gasteiger partial charge in [0.15, 0.2) is 0 Å². The molecule has 2 bridgehead atoms. The summed E-state index contributed by atoms with van der Waals surface area (Å²) < 4.78 is 19.6. The van der Waals surface area contributed by atoms with E-state index in [1.54, 1.807) is 24.3 Å². The van der Waals surface area contributed by atoms with Crippen molar-refractivity contribution in [3.05, 3.63) is 58.9 Å². The zero-order valence-electron chi connectivity index (χ0n) is 19.3. The second-order valence-electron chi connectivity index (χ2n) is 8.93. The summed E-state index contributed by atoms with van der Waals surface area (Å²) in [6.45, 7) is 6.56. The average Bonchev–Trinajstić information content (AvgIpc) is 3.14. The fourth-order valence-corrected chi connectivity index (χ4v) is 5.01. The van der Waals surface area contributed by atoms with E-state index in [1.165, 1.54) is 50.7 Å². The van der Waals surface area contributed by atoms with E-state index in [-0.39, 0.29) is 11.5 Å². The molecule has 4 heterocycles. The van der Waals surface area contributed by atoms with Crippen LogP contribution in [0.5, 0.6) is 0 Å². The Hall–Kier alpha value is -3.01. The quantitative estimate of drug-likeness (QED) is 0.446. The third-order valence-corrected chi connectivity index (χ3v) is 6.99. The van der Waals surface area contributed by atoms with Crippen molar-refractivity contribution in [2.24, 2.45) is 0 Å². The molecule has 3 saturated heterocycles. The van der Waals surface area contributed by atoms with Crippen molar-refractivity contribution >= 4 is 29.2 Å². The lowest BCUT2D eigenvalue weighted by molar-refractivity contribution is 0.102. The summed E-state index contributed by atoms with van der Waals surface area (Å²) in [4.78, 5) is 17.5. The molecule has 3 aromatic rings. The zero-order chi connectivity index (χ0) is 24.2. The smallest absolute Gasteiger partial charge is 0.315 e. The van der Waals surface area contributed by atoms with Gasteiger partial charge in [-0.15, -0.1) is 5.10 Å². The second-order valence-corrected chi connectivity index (χ2v) is 9.34. The number of benzene rings is 2. The van der Waals surface area contributed by atoms with Gasteiger partial charge in [0.2, 0.25) is 0 Å². The van der Waals surface area contributed by atoms with E-state index >= 15 is 0 Å². The summed E-state index contributed by atoms with van der Waals surface area (Å²) in [5, 5.41) is 14.3. The Labute approximate surface area is 208 Å². The minimum absolute atomic E-state index is 0.0404. The summed E-state index contributed by atoms with van der Waals surface area (Å²) >= 11 is 6.41. The molecule has 1 aromatic heterocycles.